The molecule has 0 aliphatic heterocycles. The summed E-state index contributed by atoms with van der Waals surface area (Å²) in [4.78, 5) is 6.39. The number of rotatable bonds is 6. The molecular formula is C19H25FIN3O2S. The maximum absolute atomic E-state index is 13.6. The second-order valence-corrected chi connectivity index (χ2v) is 8.50. The molecule has 27 heavy (non-hydrogen) atoms. The van der Waals surface area contributed by atoms with E-state index < -0.39 is 15.7 Å². The molecule has 0 saturated carbocycles. The average molecular weight is 505 g/mol. The van der Waals surface area contributed by atoms with Crippen LogP contribution in [-0.2, 0) is 28.7 Å². The van der Waals surface area contributed by atoms with E-state index in [1.54, 1.807) is 0 Å². The highest BCUT2D eigenvalue weighted by atomic mass is 127. The van der Waals surface area contributed by atoms with Gasteiger partial charge in [-0.2, -0.15) is 0 Å². The van der Waals surface area contributed by atoms with Gasteiger partial charge >= 0.3 is 0 Å². The third-order valence-electron chi connectivity index (χ3n) is 3.70. The maximum Gasteiger partial charge on any atom is 0.194 e. The Balaban J connectivity index is 0.00000364. The predicted molar refractivity (Wildman–Crippen MR) is 118 cm³/mol. The SMILES string of the molecule is CN(C)C(=NCc1ccccc1)NCc1cc(F)ccc1CS(C)(=O)=O.I. The molecule has 8 heteroatoms. The monoisotopic (exact) mass is 505 g/mol. The summed E-state index contributed by atoms with van der Waals surface area (Å²) in [5.74, 6) is 0.123. The Morgan fingerprint density at radius 3 is 2.37 bits per heavy atom. The van der Waals surface area contributed by atoms with E-state index in [9.17, 15) is 12.8 Å². The Labute approximate surface area is 177 Å². The molecule has 2 aromatic rings. The van der Waals surface area contributed by atoms with Crippen molar-refractivity contribution in [1.82, 2.24) is 10.2 Å². The van der Waals surface area contributed by atoms with Gasteiger partial charge in [0.25, 0.3) is 0 Å². The largest absolute Gasteiger partial charge is 0.352 e. The standard InChI is InChI=1S/C19H24FN3O2S.HI/c1-23(2)19(21-12-15-7-5-4-6-8-15)22-13-17-11-18(20)10-9-16(17)14-26(3,24)25;/h4-11H,12-14H2,1-3H3,(H,21,22);1H. The summed E-state index contributed by atoms with van der Waals surface area (Å²) >= 11 is 0. The fraction of sp³-hybridized carbons (Fsp3) is 0.316. The molecule has 0 radical (unpaired) electrons. The minimum Gasteiger partial charge on any atom is -0.352 e. The van der Waals surface area contributed by atoms with Crippen LogP contribution in [0.15, 0.2) is 53.5 Å². The van der Waals surface area contributed by atoms with Gasteiger partial charge in [-0.3, -0.25) is 0 Å². The van der Waals surface area contributed by atoms with Crippen LogP contribution in [0.3, 0.4) is 0 Å². The first-order chi connectivity index (χ1) is 12.2. The predicted octanol–water partition coefficient (Wildman–Crippen LogP) is 3.20. The number of aliphatic imine (C=N–C) groups is 1. The molecule has 0 atom stereocenters. The van der Waals surface area contributed by atoms with Crippen LogP contribution in [0.2, 0.25) is 0 Å². The van der Waals surface area contributed by atoms with Crippen LogP contribution >= 0.6 is 24.0 Å². The molecule has 2 rings (SSSR count). The number of benzene rings is 2. The number of hydrogen-bond donors (Lipinski definition) is 1. The number of sulfone groups is 1. The van der Waals surface area contributed by atoms with E-state index in [0.29, 0.717) is 23.6 Å². The van der Waals surface area contributed by atoms with Gasteiger partial charge < -0.3 is 10.2 Å². The van der Waals surface area contributed by atoms with Gasteiger partial charge in [-0.25, -0.2) is 17.8 Å². The molecule has 0 spiro atoms. The topological polar surface area (TPSA) is 61.8 Å². The lowest BCUT2D eigenvalue weighted by Gasteiger charge is -2.19. The lowest BCUT2D eigenvalue weighted by Crippen LogP contribution is -2.36. The molecule has 0 unspecified atom stereocenters. The quantitative estimate of drug-likeness (QED) is 0.372. The van der Waals surface area contributed by atoms with Crippen molar-refractivity contribution in [3.05, 3.63) is 71.0 Å². The van der Waals surface area contributed by atoms with Gasteiger partial charge in [0, 0.05) is 26.9 Å². The lowest BCUT2D eigenvalue weighted by molar-refractivity contribution is 0.576. The third-order valence-corrected chi connectivity index (χ3v) is 4.54. The second-order valence-electron chi connectivity index (χ2n) is 6.36. The van der Waals surface area contributed by atoms with Crippen molar-refractivity contribution in [2.24, 2.45) is 4.99 Å². The molecule has 1 N–H and O–H groups in total. The normalized spacial score (nSPS) is 11.6. The van der Waals surface area contributed by atoms with Crippen molar-refractivity contribution in [1.29, 1.82) is 0 Å². The zero-order valence-corrected chi connectivity index (χ0v) is 18.8. The van der Waals surface area contributed by atoms with E-state index in [-0.39, 0.29) is 36.3 Å². The minimum atomic E-state index is -3.20. The van der Waals surface area contributed by atoms with E-state index in [1.165, 1.54) is 24.5 Å². The third kappa shape index (κ3) is 8.25. The van der Waals surface area contributed by atoms with Gasteiger partial charge in [0.05, 0.1) is 12.3 Å². The summed E-state index contributed by atoms with van der Waals surface area (Å²) in [5.41, 5.74) is 2.27. The van der Waals surface area contributed by atoms with E-state index in [0.717, 1.165) is 5.56 Å². The molecule has 5 nitrogen and oxygen atoms in total. The van der Waals surface area contributed by atoms with Crippen LogP contribution in [0.5, 0.6) is 0 Å². The Bertz CT molecular complexity index is 872. The molecule has 0 bridgehead atoms. The molecule has 148 valence electrons. The molecule has 2 aromatic carbocycles. The minimum absolute atomic E-state index is 0. The molecular weight excluding hydrogens is 480 g/mol. The molecule has 0 aliphatic rings. The van der Waals surface area contributed by atoms with Crippen LogP contribution in [0, 0.1) is 5.82 Å². The zero-order valence-electron chi connectivity index (χ0n) is 15.6. The van der Waals surface area contributed by atoms with Crippen molar-refractivity contribution in [3.8, 4) is 0 Å². The average Bonchev–Trinajstić information content (AvgIpc) is 2.56. The second kappa shape index (κ2) is 10.6. The van der Waals surface area contributed by atoms with E-state index >= 15 is 0 Å². The fourth-order valence-corrected chi connectivity index (χ4v) is 3.31. The maximum atomic E-state index is 13.6. The molecule has 0 aromatic heterocycles. The van der Waals surface area contributed by atoms with Crippen molar-refractivity contribution < 1.29 is 12.8 Å². The number of hydrogen-bond acceptors (Lipinski definition) is 3. The first kappa shape index (κ1) is 23.4. The highest BCUT2D eigenvalue weighted by molar-refractivity contribution is 14.0. The Hall–Kier alpha value is -1.68. The summed E-state index contributed by atoms with van der Waals surface area (Å²) in [6, 6.07) is 14.0. The highest BCUT2D eigenvalue weighted by Crippen LogP contribution is 2.14. The first-order valence-corrected chi connectivity index (χ1v) is 10.3. The Morgan fingerprint density at radius 2 is 1.78 bits per heavy atom. The summed E-state index contributed by atoms with van der Waals surface area (Å²) in [7, 11) is 0.517. The van der Waals surface area contributed by atoms with Gasteiger partial charge in [0.2, 0.25) is 0 Å². The summed E-state index contributed by atoms with van der Waals surface area (Å²) in [6.45, 7) is 0.801. The Kier molecular flexibility index (Phi) is 9.17. The number of nitrogens with zero attached hydrogens (tertiary/aromatic N) is 2. The van der Waals surface area contributed by atoms with Gasteiger partial charge in [0.15, 0.2) is 15.8 Å². The smallest absolute Gasteiger partial charge is 0.194 e. The number of nitrogens with one attached hydrogen (secondary N) is 1. The summed E-state index contributed by atoms with van der Waals surface area (Å²) in [6.07, 6.45) is 1.17. The number of halogens is 2. The highest BCUT2D eigenvalue weighted by Gasteiger charge is 2.11. The van der Waals surface area contributed by atoms with Gasteiger partial charge in [0.1, 0.15) is 5.82 Å². The van der Waals surface area contributed by atoms with Crippen molar-refractivity contribution in [2.45, 2.75) is 18.8 Å². The van der Waals surface area contributed by atoms with E-state index in [4.69, 9.17) is 0 Å². The number of guanidine groups is 1. The molecule has 0 saturated heterocycles. The van der Waals surface area contributed by atoms with Gasteiger partial charge in [-0.05, 0) is 28.8 Å². The van der Waals surface area contributed by atoms with E-state index in [2.05, 4.69) is 10.3 Å². The fourth-order valence-electron chi connectivity index (χ4n) is 2.46. The van der Waals surface area contributed by atoms with Gasteiger partial charge in [-0.1, -0.05) is 36.4 Å². The summed E-state index contributed by atoms with van der Waals surface area (Å²) < 4.78 is 36.8. The first-order valence-electron chi connectivity index (χ1n) is 8.19. The van der Waals surface area contributed by atoms with Crippen molar-refractivity contribution >= 4 is 39.8 Å². The molecule has 0 heterocycles. The lowest BCUT2D eigenvalue weighted by atomic mass is 10.1. The van der Waals surface area contributed by atoms with Crippen LogP contribution in [0.25, 0.3) is 0 Å². The van der Waals surface area contributed by atoms with Crippen molar-refractivity contribution in [3.63, 3.8) is 0 Å². The summed E-state index contributed by atoms with van der Waals surface area (Å²) in [5, 5.41) is 3.17. The van der Waals surface area contributed by atoms with Crippen molar-refractivity contribution in [2.75, 3.05) is 20.4 Å². The molecule has 0 fully saturated rings. The van der Waals surface area contributed by atoms with Gasteiger partial charge in [-0.15, -0.1) is 24.0 Å². The van der Waals surface area contributed by atoms with Crippen LogP contribution in [-0.4, -0.2) is 39.6 Å². The van der Waals surface area contributed by atoms with Crippen LogP contribution < -0.4 is 5.32 Å². The van der Waals surface area contributed by atoms with Crippen LogP contribution in [0.4, 0.5) is 4.39 Å². The Morgan fingerprint density at radius 1 is 1.11 bits per heavy atom. The van der Waals surface area contributed by atoms with Crippen LogP contribution in [0.1, 0.15) is 16.7 Å². The molecule has 0 amide bonds. The zero-order chi connectivity index (χ0) is 19.2. The van der Waals surface area contributed by atoms with E-state index in [1.807, 2.05) is 49.3 Å². The molecule has 0 aliphatic carbocycles.